The van der Waals surface area contributed by atoms with E-state index in [9.17, 15) is 13.2 Å². The summed E-state index contributed by atoms with van der Waals surface area (Å²) in [7, 11) is -3.72. The second kappa shape index (κ2) is 9.01. The van der Waals surface area contributed by atoms with Gasteiger partial charge in [-0.1, -0.05) is 60.7 Å². The lowest BCUT2D eigenvalue weighted by molar-refractivity contribution is 0.0550. The third-order valence-corrected chi connectivity index (χ3v) is 5.22. The Morgan fingerprint density at radius 3 is 2.29 bits per heavy atom. The van der Waals surface area contributed by atoms with Crippen LogP contribution in [0.15, 0.2) is 95.9 Å². The number of anilines is 1. The van der Waals surface area contributed by atoms with Crippen molar-refractivity contribution in [2.24, 2.45) is 0 Å². The number of carbonyl (C=O) groups excluding carboxylic acids is 1. The Morgan fingerprint density at radius 2 is 1.57 bits per heavy atom. The predicted molar refractivity (Wildman–Crippen MR) is 109 cm³/mol. The zero-order valence-corrected chi connectivity index (χ0v) is 15.8. The minimum absolute atomic E-state index is 0.119. The van der Waals surface area contributed by atoms with Crippen LogP contribution in [0, 0.1) is 0 Å². The zero-order valence-electron chi connectivity index (χ0n) is 15.0. The standard InChI is InChI=1S/C22H19NO4S/c24-22(27-16-8-11-18-9-3-1-4-10-18)19-12-7-13-20(17-19)23-28(25,26)21-14-5-2-6-15-21/h1-15,17,23H,16H2/b11-8+. The van der Waals surface area contributed by atoms with E-state index in [-0.39, 0.29) is 22.8 Å². The van der Waals surface area contributed by atoms with E-state index in [2.05, 4.69) is 4.72 Å². The Bertz CT molecular complexity index is 1060. The molecule has 0 aliphatic carbocycles. The van der Waals surface area contributed by atoms with E-state index in [1.165, 1.54) is 18.2 Å². The topological polar surface area (TPSA) is 72.5 Å². The summed E-state index contributed by atoms with van der Waals surface area (Å²) in [5, 5.41) is 0. The molecule has 0 saturated heterocycles. The molecule has 0 amide bonds. The van der Waals surface area contributed by atoms with Gasteiger partial charge in [-0.3, -0.25) is 4.72 Å². The predicted octanol–water partition coefficient (Wildman–Crippen LogP) is 4.36. The van der Waals surface area contributed by atoms with E-state index in [4.69, 9.17) is 4.74 Å². The van der Waals surface area contributed by atoms with Crippen molar-refractivity contribution in [2.75, 3.05) is 11.3 Å². The monoisotopic (exact) mass is 393 g/mol. The Kier molecular flexibility index (Phi) is 6.24. The zero-order chi connectivity index (χ0) is 19.8. The molecule has 5 nitrogen and oxygen atoms in total. The molecule has 0 bridgehead atoms. The number of hydrogen-bond acceptors (Lipinski definition) is 4. The summed E-state index contributed by atoms with van der Waals surface area (Å²) in [5.74, 6) is -0.529. The fraction of sp³-hybridized carbons (Fsp3) is 0.0455. The largest absolute Gasteiger partial charge is 0.458 e. The highest BCUT2D eigenvalue weighted by Gasteiger charge is 2.14. The number of benzene rings is 3. The summed E-state index contributed by atoms with van der Waals surface area (Å²) in [6, 6.07) is 23.9. The first-order valence-corrected chi connectivity index (χ1v) is 10.1. The van der Waals surface area contributed by atoms with Crippen molar-refractivity contribution in [1.82, 2.24) is 0 Å². The van der Waals surface area contributed by atoms with Gasteiger partial charge in [-0.25, -0.2) is 13.2 Å². The number of esters is 1. The smallest absolute Gasteiger partial charge is 0.338 e. The lowest BCUT2D eigenvalue weighted by Crippen LogP contribution is -2.13. The maximum atomic E-state index is 12.4. The summed E-state index contributed by atoms with van der Waals surface area (Å²) in [6.45, 7) is 0.119. The molecule has 0 atom stereocenters. The molecule has 142 valence electrons. The fourth-order valence-corrected chi connectivity index (χ4v) is 3.55. The van der Waals surface area contributed by atoms with E-state index >= 15 is 0 Å². The molecule has 3 aromatic rings. The number of ether oxygens (including phenoxy) is 1. The first-order valence-electron chi connectivity index (χ1n) is 8.61. The van der Waals surface area contributed by atoms with Crippen LogP contribution in [0.3, 0.4) is 0 Å². The van der Waals surface area contributed by atoms with Crippen molar-refractivity contribution in [3.05, 3.63) is 102 Å². The Labute approximate surface area is 164 Å². The van der Waals surface area contributed by atoms with Gasteiger partial charge < -0.3 is 4.74 Å². The summed E-state index contributed by atoms with van der Waals surface area (Å²) in [5.41, 5.74) is 1.57. The highest BCUT2D eigenvalue weighted by atomic mass is 32.2. The fourth-order valence-electron chi connectivity index (χ4n) is 2.48. The SMILES string of the molecule is O=C(OC/C=C/c1ccccc1)c1cccc(NS(=O)(=O)c2ccccc2)c1. The van der Waals surface area contributed by atoms with Gasteiger partial charge in [-0.05, 0) is 42.0 Å². The van der Waals surface area contributed by atoms with Crippen molar-refractivity contribution in [3.63, 3.8) is 0 Å². The molecule has 3 aromatic carbocycles. The maximum Gasteiger partial charge on any atom is 0.338 e. The molecule has 0 fully saturated rings. The van der Waals surface area contributed by atoms with Gasteiger partial charge in [-0.2, -0.15) is 0 Å². The third-order valence-electron chi connectivity index (χ3n) is 3.82. The van der Waals surface area contributed by atoms with Gasteiger partial charge in [0.1, 0.15) is 6.61 Å². The molecule has 0 aromatic heterocycles. The summed E-state index contributed by atoms with van der Waals surface area (Å²) in [4.78, 5) is 12.4. The van der Waals surface area contributed by atoms with Crippen molar-refractivity contribution in [3.8, 4) is 0 Å². The molecule has 0 unspecified atom stereocenters. The lowest BCUT2D eigenvalue weighted by atomic mass is 10.2. The summed E-state index contributed by atoms with van der Waals surface area (Å²) < 4.78 is 32.5. The van der Waals surface area contributed by atoms with E-state index in [1.54, 1.807) is 42.5 Å². The quantitative estimate of drug-likeness (QED) is 0.606. The van der Waals surface area contributed by atoms with Crippen molar-refractivity contribution < 1.29 is 17.9 Å². The number of nitrogens with one attached hydrogen (secondary N) is 1. The molecule has 0 aliphatic heterocycles. The minimum atomic E-state index is -3.72. The van der Waals surface area contributed by atoms with E-state index in [1.807, 2.05) is 36.4 Å². The second-order valence-corrected chi connectivity index (χ2v) is 7.59. The maximum absolute atomic E-state index is 12.4. The number of rotatable bonds is 7. The van der Waals surface area contributed by atoms with E-state index in [0.29, 0.717) is 0 Å². The molecular formula is C22H19NO4S. The molecule has 0 radical (unpaired) electrons. The van der Waals surface area contributed by atoms with E-state index in [0.717, 1.165) is 5.56 Å². The first kappa shape index (κ1) is 19.4. The van der Waals surface area contributed by atoms with Crippen molar-refractivity contribution in [1.29, 1.82) is 0 Å². The Balaban J connectivity index is 1.62. The molecule has 0 aliphatic rings. The van der Waals surface area contributed by atoms with Crippen molar-refractivity contribution >= 4 is 27.8 Å². The highest BCUT2D eigenvalue weighted by Crippen LogP contribution is 2.17. The summed E-state index contributed by atoms with van der Waals surface area (Å²) in [6.07, 6.45) is 3.60. The molecule has 1 N–H and O–H groups in total. The van der Waals surface area contributed by atoms with Crippen LogP contribution in [-0.2, 0) is 14.8 Å². The number of carbonyl (C=O) groups is 1. The van der Waals surface area contributed by atoms with Crippen LogP contribution in [0.4, 0.5) is 5.69 Å². The Hall–Kier alpha value is -3.38. The normalized spacial score (nSPS) is 11.3. The van der Waals surface area contributed by atoms with Crippen LogP contribution >= 0.6 is 0 Å². The van der Waals surface area contributed by atoms with Gasteiger partial charge in [0.05, 0.1) is 10.5 Å². The third kappa shape index (κ3) is 5.31. The van der Waals surface area contributed by atoms with E-state index < -0.39 is 16.0 Å². The average molecular weight is 393 g/mol. The summed E-state index contributed by atoms with van der Waals surface area (Å²) >= 11 is 0. The first-order chi connectivity index (χ1) is 13.5. The lowest BCUT2D eigenvalue weighted by Gasteiger charge is -2.09. The minimum Gasteiger partial charge on any atom is -0.458 e. The van der Waals surface area contributed by atoms with Crippen LogP contribution in [0.1, 0.15) is 15.9 Å². The van der Waals surface area contributed by atoms with Crippen LogP contribution in [0.5, 0.6) is 0 Å². The number of hydrogen-bond donors (Lipinski definition) is 1. The molecule has 6 heteroatoms. The van der Waals surface area contributed by atoms with Gasteiger partial charge in [0.15, 0.2) is 0 Å². The molecular weight excluding hydrogens is 374 g/mol. The highest BCUT2D eigenvalue weighted by molar-refractivity contribution is 7.92. The van der Waals surface area contributed by atoms with Gasteiger partial charge in [0.25, 0.3) is 10.0 Å². The van der Waals surface area contributed by atoms with Crippen LogP contribution in [0.2, 0.25) is 0 Å². The molecule has 3 rings (SSSR count). The number of sulfonamides is 1. The average Bonchev–Trinajstić information content (AvgIpc) is 2.72. The molecule has 0 heterocycles. The molecule has 28 heavy (non-hydrogen) atoms. The van der Waals surface area contributed by atoms with Gasteiger partial charge in [-0.15, -0.1) is 0 Å². The van der Waals surface area contributed by atoms with Crippen LogP contribution in [-0.4, -0.2) is 21.0 Å². The molecule has 0 spiro atoms. The van der Waals surface area contributed by atoms with Gasteiger partial charge >= 0.3 is 5.97 Å². The Morgan fingerprint density at radius 1 is 0.893 bits per heavy atom. The van der Waals surface area contributed by atoms with Crippen LogP contribution in [0.25, 0.3) is 6.08 Å². The van der Waals surface area contributed by atoms with Gasteiger partial charge in [0.2, 0.25) is 0 Å². The van der Waals surface area contributed by atoms with Gasteiger partial charge in [0, 0.05) is 5.69 Å². The second-order valence-electron chi connectivity index (χ2n) is 5.91. The van der Waals surface area contributed by atoms with Crippen LogP contribution < -0.4 is 4.72 Å². The molecule has 0 saturated carbocycles. The van der Waals surface area contributed by atoms with Crippen molar-refractivity contribution in [2.45, 2.75) is 4.90 Å².